The molecule has 36 heavy (non-hydrogen) atoms. The van der Waals surface area contributed by atoms with Gasteiger partial charge in [-0.1, -0.05) is 34.8 Å². The molecule has 9 heteroatoms. The Morgan fingerprint density at radius 2 is 1.53 bits per heavy atom. The Hall–Kier alpha value is -2.02. The number of amides is 3. The van der Waals surface area contributed by atoms with Crippen LogP contribution in [0.15, 0.2) is 24.4 Å². The number of benzene rings is 1. The van der Waals surface area contributed by atoms with E-state index in [0.29, 0.717) is 46.4 Å². The zero-order valence-electron chi connectivity index (χ0n) is 20.2. The van der Waals surface area contributed by atoms with Gasteiger partial charge in [-0.3, -0.25) is 9.78 Å². The fourth-order valence-electron chi connectivity index (χ4n) is 6.25. The largest absolute Gasteiger partial charge is 0.351 e. The predicted octanol–water partition coefficient (Wildman–Crippen LogP) is 5.69. The summed E-state index contributed by atoms with van der Waals surface area (Å²) in [6.45, 7) is 2.72. The molecule has 0 spiro atoms. The summed E-state index contributed by atoms with van der Waals surface area (Å²) >= 11 is 19.5. The van der Waals surface area contributed by atoms with Crippen molar-refractivity contribution in [2.45, 2.75) is 50.9 Å². The number of likely N-dealkylation sites (tertiary alicyclic amines) is 2. The van der Waals surface area contributed by atoms with Gasteiger partial charge in [-0.2, -0.15) is 0 Å². The lowest BCUT2D eigenvalue weighted by molar-refractivity contribution is -0.134. The highest BCUT2D eigenvalue weighted by molar-refractivity contribution is 6.35. The number of nitrogens with zero attached hydrogens (tertiary/aromatic N) is 3. The number of aromatic nitrogens is 1. The highest BCUT2D eigenvalue weighted by Crippen LogP contribution is 2.46. The maximum Gasteiger partial charge on any atom is 0.314 e. The number of nitrogens with two attached hydrogens (primary N) is 1. The van der Waals surface area contributed by atoms with Crippen LogP contribution in [0.4, 0.5) is 4.79 Å². The quantitative estimate of drug-likeness (QED) is 0.534. The number of hydrogen-bond donors (Lipinski definition) is 1. The molecule has 2 aromatic rings. The summed E-state index contributed by atoms with van der Waals surface area (Å²) in [7, 11) is 0. The van der Waals surface area contributed by atoms with Gasteiger partial charge in [0.25, 0.3) is 0 Å². The molecule has 3 amide bonds. The number of carbonyl (C=O) groups excluding carboxylic acids is 2. The van der Waals surface area contributed by atoms with Gasteiger partial charge in [0.1, 0.15) is 0 Å². The molecule has 192 valence electrons. The first-order valence-electron chi connectivity index (χ1n) is 12.7. The van der Waals surface area contributed by atoms with Crippen molar-refractivity contribution in [3.05, 3.63) is 61.8 Å². The van der Waals surface area contributed by atoms with Crippen molar-refractivity contribution >= 4 is 46.7 Å². The van der Waals surface area contributed by atoms with Crippen molar-refractivity contribution in [3.8, 4) is 0 Å². The van der Waals surface area contributed by atoms with E-state index in [9.17, 15) is 9.59 Å². The average Bonchev–Trinajstić information content (AvgIpc) is 3.01. The van der Waals surface area contributed by atoms with Gasteiger partial charge in [-0.05, 0) is 85.3 Å². The maximum atomic E-state index is 13.1. The minimum atomic E-state index is -0.373. The smallest absolute Gasteiger partial charge is 0.314 e. The molecule has 0 bridgehead atoms. The molecule has 2 aliphatic heterocycles. The fraction of sp³-hybridized carbons (Fsp3) is 0.519. The zero-order valence-corrected chi connectivity index (χ0v) is 22.5. The molecule has 1 aromatic carbocycles. The van der Waals surface area contributed by atoms with Crippen molar-refractivity contribution in [3.63, 3.8) is 0 Å². The monoisotopic (exact) mass is 548 g/mol. The van der Waals surface area contributed by atoms with E-state index in [0.717, 1.165) is 68.4 Å². The molecule has 1 unspecified atom stereocenters. The van der Waals surface area contributed by atoms with Crippen LogP contribution in [-0.4, -0.2) is 52.9 Å². The van der Waals surface area contributed by atoms with Crippen LogP contribution < -0.4 is 5.73 Å². The van der Waals surface area contributed by atoms with Crippen molar-refractivity contribution < 1.29 is 9.59 Å². The number of primary amides is 1. The molecule has 3 aliphatic rings. The summed E-state index contributed by atoms with van der Waals surface area (Å²) in [6, 6.07) is 5.52. The van der Waals surface area contributed by atoms with Crippen LogP contribution >= 0.6 is 34.8 Å². The molecular weight excluding hydrogens is 519 g/mol. The Morgan fingerprint density at radius 3 is 2.22 bits per heavy atom. The number of piperidine rings is 2. The van der Waals surface area contributed by atoms with Gasteiger partial charge >= 0.3 is 6.03 Å². The van der Waals surface area contributed by atoms with E-state index < -0.39 is 0 Å². The van der Waals surface area contributed by atoms with Gasteiger partial charge in [-0.15, -0.1) is 0 Å². The molecule has 2 saturated heterocycles. The lowest BCUT2D eigenvalue weighted by Gasteiger charge is -2.38. The van der Waals surface area contributed by atoms with Crippen molar-refractivity contribution in [2.24, 2.45) is 17.6 Å². The number of hydrogen-bond acceptors (Lipinski definition) is 3. The van der Waals surface area contributed by atoms with Crippen LogP contribution in [0.5, 0.6) is 0 Å². The van der Waals surface area contributed by atoms with Crippen molar-refractivity contribution in [1.82, 2.24) is 14.8 Å². The van der Waals surface area contributed by atoms with E-state index in [-0.39, 0.29) is 17.9 Å². The topological polar surface area (TPSA) is 79.5 Å². The van der Waals surface area contributed by atoms with Crippen LogP contribution in [0, 0.1) is 11.8 Å². The minimum Gasteiger partial charge on any atom is -0.351 e. The number of halogens is 3. The number of carbonyl (C=O) groups is 2. The minimum absolute atomic E-state index is 0.0508. The summed E-state index contributed by atoms with van der Waals surface area (Å²) in [6.07, 6.45) is 7.38. The normalized spacial score (nSPS) is 21.0. The second-order valence-corrected chi connectivity index (χ2v) is 11.6. The zero-order chi connectivity index (χ0) is 25.4. The van der Waals surface area contributed by atoms with Gasteiger partial charge in [0.05, 0.1) is 10.7 Å². The number of urea groups is 1. The van der Waals surface area contributed by atoms with Crippen molar-refractivity contribution in [1.29, 1.82) is 0 Å². The van der Waals surface area contributed by atoms with Gasteiger partial charge in [0, 0.05) is 54.8 Å². The summed E-state index contributed by atoms with van der Waals surface area (Å²) in [5.41, 5.74) is 9.90. The highest BCUT2D eigenvalue weighted by atomic mass is 35.5. The summed E-state index contributed by atoms with van der Waals surface area (Å²) in [5, 5.41) is 1.98. The van der Waals surface area contributed by atoms with Crippen LogP contribution in [-0.2, 0) is 17.6 Å². The predicted molar refractivity (Wildman–Crippen MR) is 143 cm³/mol. The van der Waals surface area contributed by atoms with Crippen LogP contribution in [0.1, 0.15) is 60.4 Å². The first-order chi connectivity index (χ1) is 17.3. The number of aryl methyl sites for hydroxylation is 2. The van der Waals surface area contributed by atoms with Crippen molar-refractivity contribution in [2.75, 3.05) is 26.2 Å². The highest BCUT2D eigenvalue weighted by Gasteiger charge is 2.37. The third-order valence-electron chi connectivity index (χ3n) is 8.17. The molecule has 0 saturated carbocycles. The maximum absolute atomic E-state index is 13.1. The Bertz CT molecular complexity index is 1160. The van der Waals surface area contributed by atoms with E-state index in [4.69, 9.17) is 45.5 Å². The Kier molecular flexibility index (Phi) is 7.66. The summed E-state index contributed by atoms with van der Waals surface area (Å²) in [5.74, 6) is 0.886. The van der Waals surface area contributed by atoms with Gasteiger partial charge in [0.15, 0.2) is 0 Å². The van der Waals surface area contributed by atoms with E-state index in [2.05, 4.69) is 0 Å². The molecule has 2 fully saturated rings. The van der Waals surface area contributed by atoms with E-state index in [1.807, 2.05) is 23.1 Å². The SMILES string of the molecule is NC(=O)N1CCC(CC(=O)N2CCC(C3c4ncc(Cl)cc4CCc4cc(Cl)cc(Cl)c43)CC2)CC1. The lowest BCUT2D eigenvalue weighted by atomic mass is 9.76. The lowest BCUT2D eigenvalue weighted by Crippen LogP contribution is -2.44. The molecule has 1 aliphatic carbocycles. The van der Waals surface area contributed by atoms with Crippen LogP contribution in [0.2, 0.25) is 15.1 Å². The first kappa shape index (κ1) is 25.6. The van der Waals surface area contributed by atoms with E-state index in [1.165, 1.54) is 5.56 Å². The fourth-order valence-corrected chi connectivity index (χ4v) is 7.08. The number of pyridine rings is 1. The summed E-state index contributed by atoms with van der Waals surface area (Å²) in [4.78, 5) is 32.9. The standard InChI is InChI=1S/C27H31Cl3N4O2/c28-20-12-18-1-2-19-13-21(29)15-32-26(19)25(24(18)22(30)14-20)17-5-9-33(10-6-17)23(35)11-16-3-7-34(8-4-16)27(31)36/h12-17,25H,1-11H2,(H2,31,36). The van der Waals surface area contributed by atoms with Gasteiger partial charge in [-0.25, -0.2) is 4.79 Å². The molecule has 3 heterocycles. The molecule has 6 nitrogen and oxygen atoms in total. The van der Waals surface area contributed by atoms with Crippen LogP contribution in [0.25, 0.3) is 0 Å². The molecule has 1 atom stereocenters. The number of rotatable bonds is 3. The first-order valence-corrected chi connectivity index (χ1v) is 13.9. The molecular formula is C27H31Cl3N4O2. The molecule has 0 radical (unpaired) electrons. The summed E-state index contributed by atoms with van der Waals surface area (Å²) < 4.78 is 0. The third kappa shape index (κ3) is 5.32. The van der Waals surface area contributed by atoms with E-state index >= 15 is 0 Å². The second-order valence-electron chi connectivity index (χ2n) is 10.3. The van der Waals surface area contributed by atoms with Crippen LogP contribution in [0.3, 0.4) is 0 Å². The molecule has 1 aromatic heterocycles. The molecule has 5 rings (SSSR count). The number of fused-ring (bicyclic) bond motifs is 2. The van der Waals surface area contributed by atoms with Gasteiger partial charge in [0.2, 0.25) is 5.91 Å². The second kappa shape index (κ2) is 10.8. The Labute approximate surface area is 227 Å². The Morgan fingerprint density at radius 1 is 0.889 bits per heavy atom. The molecule has 2 N–H and O–H groups in total. The van der Waals surface area contributed by atoms with Gasteiger partial charge < -0.3 is 15.5 Å². The average molecular weight is 550 g/mol. The van der Waals surface area contributed by atoms with E-state index in [1.54, 1.807) is 11.1 Å². The third-order valence-corrected chi connectivity index (χ3v) is 8.91. The Balaban J connectivity index is 1.31.